The molecular formula is C40H62F3N3O6. The first-order valence-electron chi connectivity index (χ1n) is 20.3. The van der Waals surface area contributed by atoms with Crippen molar-refractivity contribution in [1.29, 1.82) is 0 Å². The summed E-state index contributed by atoms with van der Waals surface area (Å²) in [5, 5.41) is 15.1. The van der Waals surface area contributed by atoms with Gasteiger partial charge in [0.2, 0.25) is 0 Å². The number of amides is 2. The molecule has 0 aromatic rings. The number of ether oxygens (including phenoxy) is 3. The summed E-state index contributed by atoms with van der Waals surface area (Å²) in [4.78, 5) is 29.4. The van der Waals surface area contributed by atoms with Gasteiger partial charge in [0.25, 0.3) is 0 Å². The summed E-state index contributed by atoms with van der Waals surface area (Å²) in [6.45, 7) is 16.7. The highest BCUT2D eigenvalue weighted by atomic mass is 19.4. The standard InChI is InChI=1S/C40H62F3N3O6/c1-22(2)30(52-33(48)45-15-8-16-45)25-17-23(3)29-31(50-25)32(47)37(7)27-10-9-26-35(4,5)28(11-12-38(26)20-39(27,38)14-13-36(29,37)6)51-34(49)46-18-24(19-46)44-21-40(41,42)43/h22-32,44,47H,8-21H2,1-7H3/t23-,25-,26+,27+,28+,29+,30-,31+,32+,36-,37-,38-,39+/m1/s1. The van der Waals surface area contributed by atoms with E-state index in [2.05, 4.69) is 53.8 Å². The Balaban J connectivity index is 0.969. The second-order valence-corrected chi connectivity index (χ2v) is 20.0. The quantitative estimate of drug-likeness (QED) is 0.303. The molecule has 0 aromatic heterocycles. The fourth-order valence-electron chi connectivity index (χ4n) is 14.3. The van der Waals surface area contributed by atoms with Crippen molar-refractivity contribution in [3.8, 4) is 0 Å². The van der Waals surface area contributed by atoms with Crippen LogP contribution < -0.4 is 5.32 Å². The third-order valence-electron chi connectivity index (χ3n) is 17.1. The van der Waals surface area contributed by atoms with Crippen molar-refractivity contribution in [3.05, 3.63) is 0 Å². The van der Waals surface area contributed by atoms with Crippen LogP contribution >= 0.6 is 0 Å². The van der Waals surface area contributed by atoms with Crippen LogP contribution in [0.1, 0.15) is 106 Å². The average molecular weight is 738 g/mol. The SMILES string of the molecule is CC(C)[C@@H](OC(=O)N1CCC1)[C@H]1C[C@@H](C)[C@H]2[C@H](O1)[C@H](O)[C@@]1(C)[C@@H]3CC[C@H]4C(C)(C)[C@@H](OC(=O)N5CC(NCC(F)(F)F)C5)CC[C@@]45C[C@@]35CC[C@]21C. The molecule has 2 amide bonds. The monoisotopic (exact) mass is 737 g/mol. The molecule has 13 atom stereocenters. The third kappa shape index (κ3) is 5.17. The first-order chi connectivity index (χ1) is 24.3. The zero-order valence-corrected chi connectivity index (χ0v) is 32.3. The molecular weight excluding hydrogens is 675 g/mol. The Bertz CT molecular complexity index is 1440. The van der Waals surface area contributed by atoms with Crippen molar-refractivity contribution in [2.45, 2.75) is 149 Å². The molecule has 3 aliphatic heterocycles. The van der Waals surface area contributed by atoms with Gasteiger partial charge in [0.05, 0.1) is 24.9 Å². The molecule has 5 aliphatic carbocycles. The third-order valence-corrected chi connectivity index (χ3v) is 17.1. The van der Waals surface area contributed by atoms with Gasteiger partial charge >= 0.3 is 18.4 Å². The van der Waals surface area contributed by atoms with Gasteiger partial charge in [-0.15, -0.1) is 0 Å². The van der Waals surface area contributed by atoms with E-state index < -0.39 is 24.9 Å². The maximum Gasteiger partial charge on any atom is 0.410 e. The molecule has 8 aliphatic rings. The molecule has 8 rings (SSSR count). The normalized spacial score (nSPS) is 46.8. The van der Waals surface area contributed by atoms with Crippen LogP contribution in [0, 0.1) is 56.7 Å². The number of rotatable bonds is 6. The molecule has 2 N–H and O–H groups in total. The highest BCUT2D eigenvalue weighted by Gasteiger charge is 2.85. The number of nitrogens with one attached hydrogen (secondary N) is 1. The Morgan fingerprint density at radius 1 is 0.962 bits per heavy atom. The number of nitrogens with zero attached hydrogens (tertiary/aromatic N) is 2. The largest absolute Gasteiger partial charge is 0.446 e. The van der Waals surface area contributed by atoms with Crippen molar-refractivity contribution in [1.82, 2.24) is 15.1 Å². The summed E-state index contributed by atoms with van der Waals surface area (Å²) >= 11 is 0. The van der Waals surface area contributed by atoms with Crippen molar-refractivity contribution in [2.75, 3.05) is 32.7 Å². The molecule has 0 aromatic carbocycles. The Morgan fingerprint density at radius 3 is 2.27 bits per heavy atom. The lowest BCUT2D eigenvalue weighted by molar-refractivity contribution is -0.186. The second-order valence-electron chi connectivity index (χ2n) is 20.0. The predicted octanol–water partition coefficient (Wildman–Crippen LogP) is 7.01. The van der Waals surface area contributed by atoms with Crippen LogP contribution in [0.4, 0.5) is 22.8 Å². The number of aliphatic hydroxyl groups excluding tert-OH is 1. The molecule has 8 fully saturated rings. The smallest absolute Gasteiger partial charge is 0.410 e. The van der Waals surface area contributed by atoms with Crippen LogP contribution in [0.15, 0.2) is 0 Å². The van der Waals surface area contributed by atoms with Gasteiger partial charge in [-0.2, -0.15) is 13.2 Å². The molecule has 5 saturated carbocycles. The molecule has 9 nitrogen and oxygen atoms in total. The van der Waals surface area contributed by atoms with E-state index in [0.29, 0.717) is 17.8 Å². The molecule has 0 radical (unpaired) electrons. The maximum absolute atomic E-state index is 13.2. The van der Waals surface area contributed by atoms with Gasteiger partial charge in [0.1, 0.15) is 12.2 Å². The topological polar surface area (TPSA) is 101 Å². The van der Waals surface area contributed by atoms with E-state index in [1.54, 1.807) is 4.90 Å². The number of alkyl halides is 3. The van der Waals surface area contributed by atoms with Gasteiger partial charge in [0.15, 0.2) is 0 Å². The van der Waals surface area contributed by atoms with Crippen molar-refractivity contribution >= 4 is 12.2 Å². The lowest BCUT2D eigenvalue weighted by Crippen LogP contribution is -2.62. The number of fused-ring (bicyclic) bond motifs is 4. The summed E-state index contributed by atoms with van der Waals surface area (Å²) in [6.07, 6.45) is 2.30. The van der Waals surface area contributed by atoms with Crippen LogP contribution in [0.3, 0.4) is 0 Å². The first-order valence-corrected chi connectivity index (χ1v) is 20.3. The van der Waals surface area contributed by atoms with Gasteiger partial charge in [-0.05, 0) is 104 Å². The summed E-state index contributed by atoms with van der Waals surface area (Å²) in [5.74, 6) is 1.40. The fraction of sp³-hybridized carbons (Fsp3) is 0.950. The van der Waals surface area contributed by atoms with E-state index in [-0.39, 0.29) is 88.6 Å². The second kappa shape index (κ2) is 12.1. The van der Waals surface area contributed by atoms with Crippen LogP contribution in [-0.4, -0.2) is 103 Å². The highest BCUT2D eigenvalue weighted by Crippen LogP contribution is 2.89. The molecule has 294 valence electrons. The minimum Gasteiger partial charge on any atom is -0.446 e. The Morgan fingerprint density at radius 2 is 1.63 bits per heavy atom. The maximum atomic E-state index is 13.2. The summed E-state index contributed by atoms with van der Waals surface area (Å²) in [7, 11) is 0. The van der Waals surface area contributed by atoms with Gasteiger partial charge in [-0.1, -0.05) is 48.5 Å². The zero-order chi connectivity index (χ0) is 37.4. The number of aliphatic hydroxyl groups is 1. The molecule has 3 heterocycles. The van der Waals surface area contributed by atoms with Crippen molar-refractivity contribution in [3.63, 3.8) is 0 Å². The van der Waals surface area contributed by atoms with Crippen molar-refractivity contribution in [2.24, 2.45) is 56.7 Å². The van der Waals surface area contributed by atoms with Crippen LogP contribution in [0.25, 0.3) is 0 Å². The summed E-state index contributed by atoms with van der Waals surface area (Å²) < 4.78 is 57.2. The number of carbonyl (C=O) groups excluding carboxylic acids is 2. The Labute approximate surface area is 307 Å². The Hall–Kier alpha value is -1.79. The van der Waals surface area contributed by atoms with Crippen LogP contribution in [0.2, 0.25) is 0 Å². The summed E-state index contributed by atoms with van der Waals surface area (Å²) in [6, 6.07) is -0.366. The number of carbonyl (C=O) groups is 2. The number of halogens is 3. The van der Waals surface area contributed by atoms with E-state index in [9.17, 15) is 27.9 Å². The van der Waals surface area contributed by atoms with Crippen molar-refractivity contribution < 1.29 is 42.1 Å². The summed E-state index contributed by atoms with van der Waals surface area (Å²) in [5.41, 5.74) is -0.333. The van der Waals surface area contributed by atoms with Gasteiger partial charge in [0, 0.05) is 43.1 Å². The van der Waals surface area contributed by atoms with Gasteiger partial charge < -0.3 is 34.4 Å². The predicted molar refractivity (Wildman–Crippen MR) is 187 cm³/mol. The molecule has 12 heteroatoms. The van der Waals surface area contributed by atoms with Gasteiger partial charge in [-0.25, -0.2) is 9.59 Å². The number of hydrogen-bond acceptors (Lipinski definition) is 7. The zero-order valence-electron chi connectivity index (χ0n) is 32.3. The number of hydrogen-bond donors (Lipinski definition) is 2. The van der Waals surface area contributed by atoms with E-state index >= 15 is 0 Å². The molecule has 52 heavy (non-hydrogen) atoms. The molecule has 3 saturated heterocycles. The minimum atomic E-state index is -4.28. The lowest BCUT2D eigenvalue weighted by Gasteiger charge is -2.63. The lowest BCUT2D eigenvalue weighted by atomic mass is 9.41. The van der Waals surface area contributed by atoms with Gasteiger partial charge in [-0.3, -0.25) is 0 Å². The minimum absolute atomic E-state index is 0.0814. The Kier molecular flexibility index (Phi) is 8.65. The van der Waals surface area contributed by atoms with E-state index in [1.807, 2.05) is 0 Å². The molecule has 2 spiro atoms. The number of likely N-dealkylation sites (tertiary alicyclic amines) is 2. The van der Waals surface area contributed by atoms with E-state index in [4.69, 9.17) is 14.2 Å². The fourth-order valence-corrected chi connectivity index (χ4v) is 14.3. The molecule has 0 unspecified atom stereocenters. The first kappa shape index (κ1) is 37.1. The molecule has 0 bridgehead atoms. The van der Waals surface area contributed by atoms with Crippen LogP contribution in [-0.2, 0) is 14.2 Å². The van der Waals surface area contributed by atoms with Crippen LogP contribution in [0.5, 0.6) is 0 Å². The van der Waals surface area contributed by atoms with E-state index in [1.165, 1.54) is 4.90 Å². The van der Waals surface area contributed by atoms with E-state index in [0.717, 1.165) is 70.9 Å². The highest BCUT2D eigenvalue weighted by molar-refractivity contribution is 5.69. The average Bonchev–Trinajstić information content (AvgIpc) is 3.63.